The van der Waals surface area contributed by atoms with E-state index in [0.717, 1.165) is 5.56 Å². The monoisotopic (exact) mass is 517 g/mol. The number of aliphatic hydroxyl groups is 1. The van der Waals surface area contributed by atoms with Gasteiger partial charge >= 0.3 is 11.9 Å². The van der Waals surface area contributed by atoms with Crippen molar-refractivity contribution in [3.05, 3.63) is 93.5 Å². The maximum Gasteiger partial charge on any atom is 0.335 e. The number of carboxylic acids is 1. The number of nitrogens with one attached hydrogen (secondary N) is 1. The highest BCUT2D eigenvalue weighted by Gasteiger charge is 2.48. The number of aromatic carboxylic acids is 1. The zero-order valence-electron chi connectivity index (χ0n) is 19.7. The number of H-pyrrole nitrogens is 1. The van der Waals surface area contributed by atoms with Gasteiger partial charge in [-0.05, 0) is 48.9 Å². The summed E-state index contributed by atoms with van der Waals surface area (Å²) in [6.45, 7) is 1.87. The Morgan fingerprint density at radius 3 is 2.57 bits per heavy atom. The lowest BCUT2D eigenvalue weighted by Crippen LogP contribution is -2.30. The summed E-state index contributed by atoms with van der Waals surface area (Å²) in [6.07, 6.45) is 0. The number of ketones is 1. The Bertz CT molecular complexity index is 1640. The number of fused-ring (bicyclic) bond motifs is 1. The van der Waals surface area contributed by atoms with Crippen LogP contribution in [0.2, 0.25) is 5.02 Å². The number of hydrogen-bond acceptors (Lipinski definition) is 6. The predicted octanol–water partition coefficient (Wildman–Crippen LogP) is 4.86. The lowest BCUT2D eigenvalue weighted by Gasteiger charge is -2.23. The summed E-state index contributed by atoms with van der Waals surface area (Å²) >= 11 is 6.16. The minimum Gasteiger partial charge on any atom is -0.507 e. The van der Waals surface area contributed by atoms with Crippen LogP contribution in [0.3, 0.4) is 0 Å². The lowest BCUT2D eigenvalue weighted by atomic mass is 9.94. The molecule has 3 aromatic carbocycles. The molecule has 2 heterocycles. The third-order valence-corrected chi connectivity index (χ3v) is 6.40. The number of ether oxygens (including phenoxy) is 1. The van der Waals surface area contributed by atoms with E-state index in [4.69, 9.17) is 16.3 Å². The van der Waals surface area contributed by atoms with E-state index in [1.54, 1.807) is 30.3 Å². The number of halogens is 1. The van der Waals surface area contributed by atoms with Crippen LogP contribution in [0.5, 0.6) is 5.75 Å². The number of carbonyl (C=O) groups excluding carboxylic acids is 2. The average Bonchev–Trinajstić information content (AvgIpc) is 3.41. The number of amides is 1. The molecule has 37 heavy (non-hydrogen) atoms. The first kappa shape index (κ1) is 24.1. The van der Waals surface area contributed by atoms with Crippen molar-refractivity contribution in [2.45, 2.75) is 13.0 Å². The Labute approximate surface area is 215 Å². The van der Waals surface area contributed by atoms with Crippen LogP contribution in [-0.2, 0) is 9.59 Å². The molecule has 0 spiro atoms. The highest BCUT2D eigenvalue weighted by Crippen LogP contribution is 2.43. The van der Waals surface area contributed by atoms with Crippen molar-refractivity contribution >= 4 is 52.0 Å². The van der Waals surface area contributed by atoms with Crippen LogP contribution in [0, 0.1) is 6.92 Å². The second-order valence-electron chi connectivity index (χ2n) is 8.53. The molecule has 1 atom stereocenters. The Balaban J connectivity index is 1.75. The first-order valence-corrected chi connectivity index (χ1v) is 11.5. The number of carboxylic acid groups (broad SMARTS) is 1. The number of benzene rings is 3. The highest BCUT2D eigenvalue weighted by atomic mass is 35.5. The molecule has 0 saturated carbocycles. The highest BCUT2D eigenvalue weighted by molar-refractivity contribution is 6.51. The van der Waals surface area contributed by atoms with Crippen molar-refractivity contribution < 1.29 is 29.3 Å². The molecule has 1 aromatic heterocycles. The van der Waals surface area contributed by atoms with Gasteiger partial charge in [-0.1, -0.05) is 41.4 Å². The van der Waals surface area contributed by atoms with Gasteiger partial charge in [-0.2, -0.15) is 0 Å². The van der Waals surface area contributed by atoms with Crippen LogP contribution < -0.4 is 9.64 Å². The maximum atomic E-state index is 13.4. The fraction of sp³-hybridized carbons (Fsp3) is 0.111. The number of anilines is 1. The summed E-state index contributed by atoms with van der Waals surface area (Å²) in [6, 6.07) is 15.0. The number of rotatable bonds is 5. The van der Waals surface area contributed by atoms with Crippen LogP contribution in [0.25, 0.3) is 16.8 Å². The van der Waals surface area contributed by atoms with E-state index in [9.17, 15) is 24.6 Å². The van der Waals surface area contributed by atoms with Gasteiger partial charge in [0.25, 0.3) is 5.78 Å². The van der Waals surface area contributed by atoms with Gasteiger partial charge in [0.05, 0.1) is 40.9 Å². The third kappa shape index (κ3) is 4.09. The van der Waals surface area contributed by atoms with Crippen molar-refractivity contribution in [1.82, 2.24) is 9.97 Å². The molecule has 1 fully saturated rings. The number of carbonyl (C=O) groups is 3. The van der Waals surface area contributed by atoms with Gasteiger partial charge in [0.1, 0.15) is 11.5 Å². The summed E-state index contributed by atoms with van der Waals surface area (Å²) in [4.78, 5) is 46.8. The van der Waals surface area contributed by atoms with Gasteiger partial charge in [-0.25, -0.2) is 9.78 Å². The summed E-state index contributed by atoms with van der Waals surface area (Å²) in [5, 5.41) is 21.0. The first-order valence-electron chi connectivity index (χ1n) is 11.1. The van der Waals surface area contributed by atoms with E-state index in [2.05, 4.69) is 9.97 Å². The lowest BCUT2D eigenvalue weighted by molar-refractivity contribution is -0.132. The SMILES string of the molecule is COc1ccc(Cl)cc1/C(O)=C1\C(=O)C(=O)N(c2nc3ccc(C(=O)O)cc3[nH]2)C1c1cccc(C)c1. The van der Waals surface area contributed by atoms with Gasteiger partial charge in [0.15, 0.2) is 0 Å². The summed E-state index contributed by atoms with van der Waals surface area (Å²) in [5.74, 6) is -3.10. The number of methoxy groups -OCH3 is 1. The Hall–Kier alpha value is -4.63. The molecule has 9 nitrogen and oxygen atoms in total. The molecule has 10 heteroatoms. The van der Waals surface area contributed by atoms with Crippen molar-refractivity contribution in [3.63, 3.8) is 0 Å². The molecule has 186 valence electrons. The zero-order chi connectivity index (χ0) is 26.4. The predicted molar refractivity (Wildman–Crippen MR) is 137 cm³/mol. The molecule has 0 radical (unpaired) electrons. The number of aliphatic hydroxyl groups excluding tert-OH is 1. The van der Waals surface area contributed by atoms with Gasteiger partial charge in [0, 0.05) is 5.02 Å². The van der Waals surface area contributed by atoms with E-state index >= 15 is 0 Å². The Morgan fingerprint density at radius 1 is 1.08 bits per heavy atom. The fourth-order valence-electron chi connectivity index (χ4n) is 4.46. The number of aromatic amines is 1. The second kappa shape index (κ2) is 9.11. The largest absolute Gasteiger partial charge is 0.507 e. The topological polar surface area (TPSA) is 133 Å². The fourth-order valence-corrected chi connectivity index (χ4v) is 4.63. The van der Waals surface area contributed by atoms with Crippen LogP contribution in [0.15, 0.2) is 66.2 Å². The van der Waals surface area contributed by atoms with E-state index in [-0.39, 0.29) is 28.4 Å². The molecule has 5 rings (SSSR count). The molecule has 1 unspecified atom stereocenters. The molecule has 1 saturated heterocycles. The number of aryl methyl sites for hydroxylation is 1. The van der Waals surface area contributed by atoms with Crippen LogP contribution in [-0.4, -0.2) is 45.0 Å². The average molecular weight is 518 g/mol. The van der Waals surface area contributed by atoms with E-state index in [0.29, 0.717) is 21.6 Å². The van der Waals surface area contributed by atoms with Gasteiger partial charge in [0.2, 0.25) is 5.95 Å². The van der Waals surface area contributed by atoms with E-state index in [1.165, 1.54) is 36.3 Å². The Morgan fingerprint density at radius 2 is 1.86 bits per heavy atom. The maximum absolute atomic E-state index is 13.4. The normalized spacial score (nSPS) is 16.9. The number of Topliss-reactive ketones (excluding diaryl/α,β-unsaturated/α-hetero) is 1. The van der Waals surface area contributed by atoms with Crippen LogP contribution in [0.1, 0.15) is 33.1 Å². The van der Waals surface area contributed by atoms with Crippen LogP contribution >= 0.6 is 11.6 Å². The standard InChI is InChI=1S/C27H20ClN3O6/c1-13-4-3-5-14(10-13)22-21(23(32)17-12-16(28)7-9-20(17)37-2)24(33)25(34)31(22)27-29-18-8-6-15(26(35)36)11-19(18)30-27/h3-12,22,32H,1-2H3,(H,29,30)(H,35,36)/b23-21+. The molecular weight excluding hydrogens is 498 g/mol. The van der Waals surface area contributed by atoms with Crippen molar-refractivity contribution in [3.8, 4) is 5.75 Å². The number of nitrogens with zero attached hydrogens (tertiary/aromatic N) is 2. The molecular formula is C27H20ClN3O6. The molecule has 3 N–H and O–H groups in total. The molecule has 0 aliphatic carbocycles. The summed E-state index contributed by atoms with van der Waals surface area (Å²) in [5.41, 5.74) is 2.24. The molecule has 1 amide bonds. The minimum atomic E-state index is -1.12. The van der Waals surface area contributed by atoms with Crippen molar-refractivity contribution in [2.75, 3.05) is 12.0 Å². The van der Waals surface area contributed by atoms with E-state index < -0.39 is 29.5 Å². The number of aromatic nitrogens is 2. The summed E-state index contributed by atoms with van der Waals surface area (Å²) < 4.78 is 5.36. The first-order chi connectivity index (χ1) is 17.7. The quantitative estimate of drug-likeness (QED) is 0.195. The molecule has 0 bridgehead atoms. The van der Waals surface area contributed by atoms with E-state index in [1.807, 2.05) is 13.0 Å². The van der Waals surface area contributed by atoms with Crippen LogP contribution in [0.4, 0.5) is 5.95 Å². The smallest absolute Gasteiger partial charge is 0.335 e. The third-order valence-electron chi connectivity index (χ3n) is 6.16. The van der Waals surface area contributed by atoms with Gasteiger partial charge < -0.3 is 19.9 Å². The number of hydrogen-bond donors (Lipinski definition) is 3. The van der Waals surface area contributed by atoms with Crippen molar-refractivity contribution in [2.24, 2.45) is 0 Å². The zero-order valence-corrected chi connectivity index (χ0v) is 20.4. The van der Waals surface area contributed by atoms with Crippen molar-refractivity contribution in [1.29, 1.82) is 0 Å². The summed E-state index contributed by atoms with van der Waals surface area (Å²) in [7, 11) is 1.41. The second-order valence-corrected chi connectivity index (χ2v) is 8.96. The minimum absolute atomic E-state index is 0.0308. The molecule has 1 aliphatic heterocycles. The van der Waals surface area contributed by atoms with Gasteiger partial charge in [-0.3, -0.25) is 14.5 Å². The Kier molecular flexibility index (Phi) is 5.93. The molecule has 1 aliphatic rings. The van der Waals surface area contributed by atoms with Gasteiger partial charge in [-0.15, -0.1) is 0 Å². The molecule has 4 aromatic rings. The number of imidazole rings is 1.